The highest BCUT2D eigenvalue weighted by atomic mass is 32.2. The fourth-order valence-corrected chi connectivity index (χ4v) is 4.75. The van der Waals surface area contributed by atoms with E-state index in [2.05, 4.69) is 24.3 Å². The number of benzene rings is 2. The fraction of sp³-hybridized carbons (Fsp3) is 0.333. The van der Waals surface area contributed by atoms with E-state index in [9.17, 15) is 8.42 Å². The molecule has 0 saturated carbocycles. The molecule has 4 nitrogen and oxygen atoms in total. The molecule has 0 saturated heterocycles. The Morgan fingerprint density at radius 3 is 2.50 bits per heavy atom. The summed E-state index contributed by atoms with van der Waals surface area (Å²) >= 11 is 0. The summed E-state index contributed by atoms with van der Waals surface area (Å²) in [5.41, 5.74) is 7.37. The monoisotopic (exact) mass is 369 g/mol. The van der Waals surface area contributed by atoms with Crippen LogP contribution in [-0.2, 0) is 22.9 Å². The van der Waals surface area contributed by atoms with Crippen LogP contribution in [0.25, 0.3) is 5.57 Å². The maximum Gasteiger partial charge on any atom is 0.238 e. The Bertz CT molecular complexity index is 946. The van der Waals surface area contributed by atoms with Gasteiger partial charge >= 0.3 is 0 Å². The molecule has 2 aliphatic rings. The van der Waals surface area contributed by atoms with Crippen molar-refractivity contribution in [3.63, 3.8) is 0 Å². The second-order valence-electron chi connectivity index (χ2n) is 7.35. The number of rotatable bonds is 4. The molecule has 0 bridgehead atoms. The van der Waals surface area contributed by atoms with Gasteiger partial charge in [0, 0.05) is 12.8 Å². The lowest BCUT2D eigenvalue weighted by molar-refractivity contribution is -0.896. The number of nitrogens with one attached hydrogen (secondary N) is 1. The molecule has 0 spiro atoms. The lowest BCUT2D eigenvalue weighted by Gasteiger charge is -2.32. The number of aryl methyl sites for hydroxylation is 1. The van der Waals surface area contributed by atoms with Crippen LogP contribution >= 0.6 is 0 Å². The summed E-state index contributed by atoms with van der Waals surface area (Å²) in [4.78, 5) is 1.81. The van der Waals surface area contributed by atoms with E-state index in [1.54, 1.807) is 28.2 Å². The van der Waals surface area contributed by atoms with Crippen molar-refractivity contribution < 1.29 is 13.3 Å². The van der Waals surface area contributed by atoms with Crippen molar-refractivity contribution in [1.82, 2.24) is 0 Å². The van der Waals surface area contributed by atoms with E-state index >= 15 is 0 Å². The minimum atomic E-state index is -3.60. The van der Waals surface area contributed by atoms with E-state index in [4.69, 9.17) is 5.14 Å². The zero-order chi connectivity index (χ0) is 18.1. The van der Waals surface area contributed by atoms with Crippen LogP contribution in [0.5, 0.6) is 0 Å². The van der Waals surface area contributed by atoms with Gasteiger partial charge in [-0.05, 0) is 52.8 Å². The third-order valence-electron chi connectivity index (χ3n) is 5.68. The average Bonchev–Trinajstić information content (AvgIpc) is 2.65. The first-order chi connectivity index (χ1) is 12.5. The molecule has 26 heavy (non-hydrogen) atoms. The van der Waals surface area contributed by atoms with Gasteiger partial charge in [0.2, 0.25) is 10.0 Å². The molecule has 1 atom stereocenters. The van der Waals surface area contributed by atoms with E-state index in [0.717, 1.165) is 32.4 Å². The summed E-state index contributed by atoms with van der Waals surface area (Å²) in [6, 6.07) is 15.8. The Labute approximate surface area is 155 Å². The van der Waals surface area contributed by atoms with Gasteiger partial charge < -0.3 is 4.90 Å². The Morgan fingerprint density at radius 1 is 0.962 bits per heavy atom. The molecule has 2 aromatic rings. The van der Waals surface area contributed by atoms with Crippen molar-refractivity contribution in [1.29, 1.82) is 0 Å². The average molecular weight is 370 g/mol. The van der Waals surface area contributed by atoms with Gasteiger partial charge in [-0.25, -0.2) is 13.6 Å². The van der Waals surface area contributed by atoms with Gasteiger partial charge in [0.1, 0.15) is 0 Å². The minimum absolute atomic E-state index is 0.183. The first-order valence-electron chi connectivity index (χ1n) is 9.25. The zero-order valence-electron chi connectivity index (χ0n) is 14.9. The summed E-state index contributed by atoms with van der Waals surface area (Å²) in [6.07, 6.45) is 4.47. The number of hydrogen-bond acceptors (Lipinski definition) is 2. The van der Waals surface area contributed by atoms with Crippen molar-refractivity contribution in [2.45, 2.75) is 30.6 Å². The second kappa shape index (κ2) is 6.99. The lowest BCUT2D eigenvalue weighted by atomic mass is 9.82. The van der Waals surface area contributed by atoms with Gasteiger partial charge in [-0.15, -0.1) is 0 Å². The summed E-state index contributed by atoms with van der Waals surface area (Å²) in [6.45, 7) is 3.38. The molecule has 2 aromatic carbocycles. The largest absolute Gasteiger partial charge is 0.331 e. The van der Waals surface area contributed by atoms with Crippen LogP contribution in [0.2, 0.25) is 0 Å². The summed E-state index contributed by atoms with van der Waals surface area (Å²) in [7, 11) is -3.60. The Balaban J connectivity index is 1.41. The van der Waals surface area contributed by atoms with Gasteiger partial charge in [0.25, 0.3) is 0 Å². The van der Waals surface area contributed by atoms with Crippen LogP contribution in [0.1, 0.15) is 29.5 Å². The molecule has 136 valence electrons. The van der Waals surface area contributed by atoms with Gasteiger partial charge in [0.15, 0.2) is 0 Å². The van der Waals surface area contributed by atoms with E-state index in [1.165, 1.54) is 29.7 Å². The van der Waals surface area contributed by atoms with Crippen LogP contribution in [0.4, 0.5) is 0 Å². The van der Waals surface area contributed by atoms with Crippen LogP contribution in [0, 0.1) is 0 Å². The number of nitrogens with two attached hydrogens (primary N) is 1. The molecule has 1 heterocycles. The molecule has 0 fully saturated rings. The van der Waals surface area contributed by atoms with Crippen molar-refractivity contribution in [2.75, 3.05) is 19.6 Å². The summed E-state index contributed by atoms with van der Waals surface area (Å²) < 4.78 is 22.7. The van der Waals surface area contributed by atoms with E-state index in [0.29, 0.717) is 0 Å². The number of sulfonamides is 1. The quantitative estimate of drug-likeness (QED) is 0.859. The third-order valence-corrected chi connectivity index (χ3v) is 6.61. The first kappa shape index (κ1) is 17.5. The standard InChI is InChI=1S/C21H24N2O2S/c22-26(24,25)19-9-5-16(6-10-19)11-13-23-14-12-21-18(15-23)8-7-17-3-1-2-4-20(17)21/h1-6,9-10H,7-8,11-15H2,(H2,22,24,25)/p+1. The number of quaternary nitrogens is 1. The topological polar surface area (TPSA) is 64.6 Å². The maximum absolute atomic E-state index is 11.3. The first-order valence-corrected chi connectivity index (χ1v) is 10.8. The molecule has 1 unspecified atom stereocenters. The molecule has 1 aliphatic carbocycles. The predicted octanol–water partition coefficient (Wildman–Crippen LogP) is 1.57. The van der Waals surface area contributed by atoms with Crippen molar-refractivity contribution in [3.8, 4) is 0 Å². The van der Waals surface area contributed by atoms with Crippen LogP contribution in [-0.4, -0.2) is 28.1 Å². The van der Waals surface area contributed by atoms with Gasteiger partial charge in [-0.1, -0.05) is 36.4 Å². The molecule has 1 aliphatic heterocycles. The molecule has 0 aromatic heterocycles. The number of primary sulfonamides is 1. The maximum atomic E-state index is 11.3. The minimum Gasteiger partial charge on any atom is -0.331 e. The van der Waals surface area contributed by atoms with Gasteiger partial charge in [0.05, 0.1) is 24.5 Å². The molecule has 5 heteroatoms. The molecule has 4 rings (SSSR count). The molecule has 0 radical (unpaired) electrons. The highest BCUT2D eigenvalue weighted by molar-refractivity contribution is 7.89. The molecular formula is C21H25N2O2S+. The number of fused-ring (bicyclic) bond motifs is 2. The SMILES string of the molecule is NS(=O)(=O)c1ccc(CC[NH+]2CCC3=C(CCc4ccccc43)C2)cc1. The highest BCUT2D eigenvalue weighted by Crippen LogP contribution is 2.33. The van der Waals surface area contributed by atoms with E-state index < -0.39 is 10.0 Å². The Morgan fingerprint density at radius 2 is 1.73 bits per heavy atom. The smallest absolute Gasteiger partial charge is 0.238 e. The molecular weight excluding hydrogens is 344 g/mol. The Kier molecular flexibility index (Phi) is 4.69. The number of hydrogen-bond donors (Lipinski definition) is 2. The normalized spacial score (nSPS) is 19.8. The van der Waals surface area contributed by atoms with E-state index in [-0.39, 0.29) is 4.90 Å². The van der Waals surface area contributed by atoms with Crippen LogP contribution in [0.15, 0.2) is 59.0 Å². The predicted molar refractivity (Wildman–Crippen MR) is 103 cm³/mol. The fourth-order valence-electron chi connectivity index (χ4n) is 4.24. The second-order valence-corrected chi connectivity index (χ2v) is 8.92. The van der Waals surface area contributed by atoms with Crippen LogP contribution < -0.4 is 10.0 Å². The summed E-state index contributed by atoms with van der Waals surface area (Å²) in [5, 5.41) is 5.16. The van der Waals surface area contributed by atoms with Crippen LogP contribution in [0.3, 0.4) is 0 Å². The van der Waals surface area contributed by atoms with Crippen molar-refractivity contribution in [2.24, 2.45) is 5.14 Å². The lowest BCUT2D eigenvalue weighted by Crippen LogP contribution is -3.13. The van der Waals surface area contributed by atoms with Gasteiger partial charge in [-0.3, -0.25) is 0 Å². The molecule has 3 N–H and O–H groups in total. The van der Waals surface area contributed by atoms with Crippen molar-refractivity contribution in [3.05, 3.63) is 70.8 Å². The molecule has 0 amide bonds. The third kappa shape index (κ3) is 3.61. The van der Waals surface area contributed by atoms with E-state index in [1.807, 2.05) is 12.1 Å². The zero-order valence-corrected chi connectivity index (χ0v) is 15.7. The summed E-state index contributed by atoms with van der Waals surface area (Å²) in [5.74, 6) is 0. The van der Waals surface area contributed by atoms with Crippen molar-refractivity contribution >= 4 is 15.6 Å². The highest BCUT2D eigenvalue weighted by Gasteiger charge is 2.26. The van der Waals surface area contributed by atoms with Gasteiger partial charge in [-0.2, -0.15) is 0 Å². The Hall–Kier alpha value is -1.95.